The van der Waals surface area contributed by atoms with Crippen molar-refractivity contribution in [3.63, 3.8) is 0 Å². The van der Waals surface area contributed by atoms with E-state index in [1.807, 2.05) is 12.1 Å². The lowest BCUT2D eigenvalue weighted by atomic mass is 9.93. The Morgan fingerprint density at radius 1 is 1.24 bits per heavy atom. The van der Waals surface area contributed by atoms with Gasteiger partial charge in [0.15, 0.2) is 5.96 Å². The largest absolute Gasteiger partial charge is 0.491 e. The van der Waals surface area contributed by atoms with Gasteiger partial charge in [0.1, 0.15) is 12.4 Å². The maximum absolute atomic E-state index is 5.59. The van der Waals surface area contributed by atoms with E-state index in [1.165, 1.54) is 12.0 Å². The molecule has 2 rings (SSSR count). The van der Waals surface area contributed by atoms with Gasteiger partial charge >= 0.3 is 0 Å². The number of likely N-dealkylation sites (tertiary alicyclic amines) is 1. The number of aliphatic imine (C=N–C) groups is 1. The molecule has 0 atom stereocenters. The molecule has 0 aliphatic carbocycles. The van der Waals surface area contributed by atoms with Gasteiger partial charge in [0.2, 0.25) is 0 Å². The molecule has 25 heavy (non-hydrogen) atoms. The predicted octanol–water partition coefficient (Wildman–Crippen LogP) is 3.53. The van der Waals surface area contributed by atoms with Gasteiger partial charge in [-0.2, -0.15) is 0 Å². The molecule has 1 aliphatic rings. The lowest BCUT2D eigenvalue weighted by Gasteiger charge is -2.23. The molecular weight excluding hydrogens is 429 g/mol. The van der Waals surface area contributed by atoms with E-state index in [-0.39, 0.29) is 24.0 Å². The van der Waals surface area contributed by atoms with Crippen molar-refractivity contribution in [1.29, 1.82) is 0 Å². The lowest BCUT2D eigenvalue weighted by molar-refractivity contribution is 0.146. The molecule has 1 heterocycles. The van der Waals surface area contributed by atoms with Crippen LogP contribution < -0.4 is 10.1 Å². The highest BCUT2D eigenvalue weighted by Gasteiger charge is 2.30. The van der Waals surface area contributed by atoms with Crippen molar-refractivity contribution in [2.45, 2.75) is 33.7 Å². The Bertz CT molecular complexity index is 532. The molecular formula is C19H32IN3O2. The second-order valence-electron chi connectivity index (χ2n) is 6.99. The van der Waals surface area contributed by atoms with Crippen LogP contribution in [0.15, 0.2) is 29.3 Å². The Morgan fingerprint density at radius 2 is 1.96 bits per heavy atom. The van der Waals surface area contributed by atoms with E-state index in [2.05, 4.69) is 43.1 Å². The maximum Gasteiger partial charge on any atom is 0.194 e. The van der Waals surface area contributed by atoms with Crippen molar-refractivity contribution in [1.82, 2.24) is 10.2 Å². The first-order valence-electron chi connectivity index (χ1n) is 8.78. The van der Waals surface area contributed by atoms with Crippen LogP contribution in [0.2, 0.25) is 0 Å². The number of nitrogens with one attached hydrogen (secondary N) is 1. The number of benzene rings is 1. The molecule has 1 aromatic rings. The molecule has 5 nitrogen and oxygen atoms in total. The second-order valence-corrected chi connectivity index (χ2v) is 6.99. The summed E-state index contributed by atoms with van der Waals surface area (Å²) in [5.74, 6) is 1.89. The van der Waals surface area contributed by atoms with E-state index in [1.54, 1.807) is 7.11 Å². The van der Waals surface area contributed by atoms with Crippen LogP contribution in [0, 0.1) is 5.41 Å². The summed E-state index contributed by atoms with van der Waals surface area (Å²) in [6, 6.07) is 8.13. The summed E-state index contributed by atoms with van der Waals surface area (Å²) in [6.07, 6.45) is 1.21. The molecule has 1 saturated heterocycles. The van der Waals surface area contributed by atoms with Crippen molar-refractivity contribution in [3.05, 3.63) is 29.8 Å². The summed E-state index contributed by atoms with van der Waals surface area (Å²) in [5.41, 5.74) is 1.56. The van der Waals surface area contributed by atoms with Gasteiger partial charge in [0.25, 0.3) is 0 Å². The van der Waals surface area contributed by atoms with Crippen molar-refractivity contribution in [3.8, 4) is 5.75 Å². The van der Waals surface area contributed by atoms with Crippen LogP contribution in [0.4, 0.5) is 0 Å². The van der Waals surface area contributed by atoms with Crippen LogP contribution in [-0.4, -0.2) is 50.8 Å². The molecule has 0 unspecified atom stereocenters. The van der Waals surface area contributed by atoms with Gasteiger partial charge in [0.05, 0.1) is 13.2 Å². The Balaban J connectivity index is 0.00000312. The van der Waals surface area contributed by atoms with Crippen molar-refractivity contribution in [2.75, 3.05) is 40.0 Å². The Labute approximate surface area is 169 Å². The summed E-state index contributed by atoms with van der Waals surface area (Å²) in [4.78, 5) is 7.17. The quantitative estimate of drug-likeness (QED) is 0.292. The van der Waals surface area contributed by atoms with Crippen LogP contribution in [-0.2, 0) is 11.3 Å². The van der Waals surface area contributed by atoms with Gasteiger partial charge in [-0.3, -0.25) is 0 Å². The second kappa shape index (κ2) is 10.9. The average molecular weight is 461 g/mol. The molecule has 1 aliphatic heterocycles. The summed E-state index contributed by atoms with van der Waals surface area (Å²) in [6.45, 7) is 11.6. The smallest absolute Gasteiger partial charge is 0.194 e. The van der Waals surface area contributed by atoms with Gasteiger partial charge < -0.3 is 19.7 Å². The number of hydrogen-bond donors (Lipinski definition) is 1. The highest BCUT2D eigenvalue weighted by atomic mass is 127. The summed E-state index contributed by atoms with van der Waals surface area (Å²) in [5, 5.41) is 3.42. The zero-order valence-corrected chi connectivity index (χ0v) is 18.2. The minimum Gasteiger partial charge on any atom is -0.491 e. The van der Waals surface area contributed by atoms with Crippen LogP contribution in [0.1, 0.15) is 32.8 Å². The van der Waals surface area contributed by atoms with Crippen LogP contribution in [0.3, 0.4) is 0 Å². The summed E-state index contributed by atoms with van der Waals surface area (Å²) >= 11 is 0. The average Bonchev–Trinajstić information content (AvgIpc) is 2.93. The predicted molar refractivity (Wildman–Crippen MR) is 114 cm³/mol. The van der Waals surface area contributed by atoms with Gasteiger partial charge in [-0.1, -0.05) is 26.0 Å². The van der Waals surface area contributed by atoms with E-state index in [0.717, 1.165) is 31.3 Å². The number of hydrogen-bond acceptors (Lipinski definition) is 3. The first-order valence-corrected chi connectivity index (χ1v) is 8.78. The molecule has 1 N–H and O–H groups in total. The van der Waals surface area contributed by atoms with Gasteiger partial charge in [-0.15, -0.1) is 24.0 Å². The standard InChI is InChI=1S/C19H31N3O2.HI/c1-5-20-18(22-11-10-19(2,3)15-22)21-14-16-6-8-17(9-7-16)24-13-12-23-4;/h6-9H,5,10-15H2,1-4H3,(H,20,21);1H. The topological polar surface area (TPSA) is 46.1 Å². The first kappa shape index (κ1) is 22.0. The van der Waals surface area contributed by atoms with Crippen molar-refractivity contribution < 1.29 is 9.47 Å². The van der Waals surface area contributed by atoms with Gasteiger partial charge in [-0.25, -0.2) is 4.99 Å². The number of ether oxygens (including phenoxy) is 2. The normalized spacial score (nSPS) is 16.5. The van der Waals surface area contributed by atoms with E-state index in [9.17, 15) is 0 Å². The highest BCUT2D eigenvalue weighted by Crippen LogP contribution is 2.28. The minimum atomic E-state index is 0. The third-order valence-electron chi connectivity index (χ3n) is 4.20. The van der Waals surface area contributed by atoms with Crippen molar-refractivity contribution >= 4 is 29.9 Å². The number of halogens is 1. The Kier molecular flexibility index (Phi) is 9.56. The Hall–Kier alpha value is -1.02. The zero-order valence-electron chi connectivity index (χ0n) is 15.9. The van der Waals surface area contributed by atoms with E-state index >= 15 is 0 Å². The molecule has 1 fully saturated rings. The summed E-state index contributed by atoms with van der Waals surface area (Å²) in [7, 11) is 1.67. The maximum atomic E-state index is 5.59. The van der Waals surface area contributed by atoms with Crippen LogP contribution >= 0.6 is 24.0 Å². The van der Waals surface area contributed by atoms with Crippen molar-refractivity contribution in [2.24, 2.45) is 10.4 Å². The number of rotatable bonds is 7. The molecule has 0 radical (unpaired) electrons. The molecule has 0 amide bonds. The van der Waals surface area contributed by atoms with Gasteiger partial charge in [-0.05, 0) is 36.5 Å². The molecule has 1 aromatic carbocycles. The fraction of sp³-hybridized carbons (Fsp3) is 0.632. The van der Waals surface area contributed by atoms with Crippen LogP contribution in [0.5, 0.6) is 5.75 Å². The fourth-order valence-electron chi connectivity index (χ4n) is 2.82. The van der Waals surface area contributed by atoms with E-state index in [4.69, 9.17) is 14.5 Å². The number of nitrogens with zero attached hydrogens (tertiary/aromatic N) is 2. The molecule has 142 valence electrons. The highest BCUT2D eigenvalue weighted by molar-refractivity contribution is 14.0. The van der Waals surface area contributed by atoms with E-state index < -0.39 is 0 Å². The third-order valence-corrected chi connectivity index (χ3v) is 4.20. The SMILES string of the molecule is CCNC(=NCc1ccc(OCCOC)cc1)N1CCC(C)(C)C1.I. The first-order chi connectivity index (χ1) is 11.5. The van der Waals surface area contributed by atoms with E-state index in [0.29, 0.717) is 25.2 Å². The third kappa shape index (κ3) is 7.40. The fourth-order valence-corrected chi connectivity index (χ4v) is 2.82. The van der Waals surface area contributed by atoms with Crippen LogP contribution in [0.25, 0.3) is 0 Å². The number of guanidine groups is 1. The minimum absolute atomic E-state index is 0. The number of methoxy groups -OCH3 is 1. The lowest BCUT2D eigenvalue weighted by Crippen LogP contribution is -2.40. The molecule has 0 bridgehead atoms. The van der Waals surface area contributed by atoms with Gasteiger partial charge in [0, 0.05) is 26.7 Å². The Morgan fingerprint density at radius 3 is 2.52 bits per heavy atom. The molecule has 6 heteroatoms. The molecule has 0 saturated carbocycles. The monoisotopic (exact) mass is 461 g/mol. The molecule has 0 aromatic heterocycles. The molecule has 0 spiro atoms. The zero-order chi connectivity index (χ0) is 17.4. The summed E-state index contributed by atoms with van der Waals surface area (Å²) < 4.78 is 10.6.